The Labute approximate surface area is 106 Å². The van der Waals surface area contributed by atoms with Gasteiger partial charge in [0.2, 0.25) is 5.95 Å². The molecule has 0 amide bonds. The van der Waals surface area contributed by atoms with Crippen LogP contribution in [0.15, 0.2) is 36.5 Å². The fourth-order valence-electron chi connectivity index (χ4n) is 1.30. The van der Waals surface area contributed by atoms with Crippen molar-refractivity contribution in [2.75, 3.05) is 5.32 Å². The maximum atomic E-state index is 12.5. The van der Waals surface area contributed by atoms with Gasteiger partial charge in [0.15, 0.2) is 0 Å². The van der Waals surface area contributed by atoms with Crippen molar-refractivity contribution < 1.29 is 13.2 Å². The first-order chi connectivity index (χ1) is 8.45. The lowest BCUT2D eigenvalue weighted by atomic mass is 10.2. The van der Waals surface area contributed by atoms with E-state index in [1.54, 1.807) is 0 Å². The first kappa shape index (κ1) is 12.6. The van der Waals surface area contributed by atoms with Crippen molar-refractivity contribution in [2.24, 2.45) is 0 Å². The minimum atomic E-state index is -4.38. The highest BCUT2D eigenvalue weighted by atomic mass is 35.5. The summed E-state index contributed by atoms with van der Waals surface area (Å²) >= 11 is 5.64. The summed E-state index contributed by atoms with van der Waals surface area (Å²) in [6, 6.07) is 6.22. The zero-order chi connectivity index (χ0) is 13.2. The third kappa shape index (κ3) is 3.10. The molecule has 0 spiro atoms. The monoisotopic (exact) mass is 273 g/mol. The number of benzene rings is 1. The summed E-state index contributed by atoms with van der Waals surface area (Å²) < 4.78 is 37.5. The summed E-state index contributed by atoms with van der Waals surface area (Å²) in [5.74, 6) is 0.141. The van der Waals surface area contributed by atoms with Crippen molar-refractivity contribution in [3.8, 4) is 0 Å². The lowest BCUT2D eigenvalue weighted by molar-refractivity contribution is -0.137. The molecule has 94 valence electrons. The predicted molar refractivity (Wildman–Crippen MR) is 61.8 cm³/mol. The Morgan fingerprint density at radius 3 is 2.61 bits per heavy atom. The third-order valence-corrected chi connectivity index (χ3v) is 2.28. The lowest BCUT2D eigenvalue weighted by Crippen LogP contribution is -2.05. The minimum absolute atomic E-state index is 0.141. The lowest BCUT2D eigenvalue weighted by Gasteiger charge is -2.09. The van der Waals surface area contributed by atoms with Gasteiger partial charge in [-0.15, -0.1) is 0 Å². The Balaban J connectivity index is 2.25. The van der Waals surface area contributed by atoms with E-state index in [1.807, 2.05) is 0 Å². The molecular weight excluding hydrogens is 267 g/mol. The van der Waals surface area contributed by atoms with Crippen LogP contribution in [0.25, 0.3) is 0 Å². The Morgan fingerprint density at radius 2 is 1.94 bits per heavy atom. The van der Waals surface area contributed by atoms with Crippen LogP contribution in [0.3, 0.4) is 0 Å². The molecule has 2 aromatic rings. The molecule has 0 aliphatic rings. The third-order valence-electron chi connectivity index (χ3n) is 2.07. The number of nitrogens with zero attached hydrogens (tertiary/aromatic N) is 2. The fourth-order valence-corrected chi connectivity index (χ4v) is 1.44. The maximum absolute atomic E-state index is 12.5. The van der Waals surface area contributed by atoms with E-state index in [9.17, 15) is 13.2 Å². The van der Waals surface area contributed by atoms with Crippen LogP contribution in [0.4, 0.5) is 24.8 Å². The summed E-state index contributed by atoms with van der Waals surface area (Å²) in [4.78, 5) is 7.66. The summed E-state index contributed by atoms with van der Waals surface area (Å²) in [5.41, 5.74) is -0.499. The summed E-state index contributed by atoms with van der Waals surface area (Å²) in [6.07, 6.45) is -2.97. The first-order valence-electron chi connectivity index (χ1n) is 4.88. The van der Waals surface area contributed by atoms with Gasteiger partial charge >= 0.3 is 6.18 Å². The van der Waals surface area contributed by atoms with Gasteiger partial charge in [-0.1, -0.05) is 17.7 Å². The van der Waals surface area contributed by atoms with E-state index in [2.05, 4.69) is 15.3 Å². The highest BCUT2D eigenvalue weighted by molar-refractivity contribution is 6.29. The smallest absolute Gasteiger partial charge is 0.324 e. The Morgan fingerprint density at radius 1 is 1.17 bits per heavy atom. The maximum Gasteiger partial charge on any atom is 0.416 e. The molecular formula is C11H7ClF3N3. The van der Waals surface area contributed by atoms with Crippen molar-refractivity contribution in [1.29, 1.82) is 0 Å². The van der Waals surface area contributed by atoms with Crippen LogP contribution in [0.2, 0.25) is 5.15 Å². The molecule has 1 N–H and O–H groups in total. The Bertz CT molecular complexity index is 557. The normalized spacial score (nSPS) is 11.3. The molecule has 0 aliphatic heterocycles. The van der Waals surface area contributed by atoms with Gasteiger partial charge in [0.1, 0.15) is 5.15 Å². The van der Waals surface area contributed by atoms with Gasteiger partial charge in [0.25, 0.3) is 0 Å². The molecule has 0 radical (unpaired) electrons. The first-order valence-corrected chi connectivity index (χ1v) is 5.26. The van der Waals surface area contributed by atoms with E-state index in [-0.39, 0.29) is 16.8 Å². The zero-order valence-corrected chi connectivity index (χ0v) is 9.63. The van der Waals surface area contributed by atoms with Crippen LogP contribution >= 0.6 is 11.6 Å². The SMILES string of the molecule is FC(F)(F)c1cccc(Nc2nccc(Cl)n2)c1. The van der Waals surface area contributed by atoms with E-state index in [0.29, 0.717) is 0 Å². The number of hydrogen-bond donors (Lipinski definition) is 1. The van der Waals surface area contributed by atoms with Gasteiger partial charge in [0.05, 0.1) is 5.56 Å². The molecule has 2 rings (SSSR count). The number of nitrogens with one attached hydrogen (secondary N) is 1. The van der Waals surface area contributed by atoms with E-state index in [1.165, 1.54) is 24.4 Å². The summed E-state index contributed by atoms with van der Waals surface area (Å²) in [7, 11) is 0. The molecule has 0 saturated heterocycles. The highest BCUT2D eigenvalue weighted by Crippen LogP contribution is 2.31. The van der Waals surface area contributed by atoms with Gasteiger partial charge in [0, 0.05) is 11.9 Å². The molecule has 0 bridgehead atoms. The molecule has 18 heavy (non-hydrogen) atoms. The van der Waals surface area contributed by atoms with Crippen LogP contribution in [-0.4, -0.2) is 9.97 Å². The van der Waals surface area contributed by atoms with Crippen molar-refractivity contribution in [2.45, 2.75) is 6.18 Å². The average Bonchev–Trinajstić information content (AvgIpc) is 2.28. The van der Waals surface area contributed by atoms with Gasteiger partial charge in [-0.05, 0) is 24.3 Å². The molecule has 1 aromatic heterocycles. The van der Waals surface area contributed by atoms with Crippen LogP contribution in [0.5, 0.6) is 0 Å². The van der Waals surface area contributed by atoms with Crippen LogP contribution in [0, 0.1) is 0 Å². The highest BCUT2D eigenvalue weighted by Gasteiger charge is 2.30. The van der Waals surface area contributed by atoms with Crippen molar-refractivity contribution in [3.63, 3.8) is 0 Å². The van der Waals surface area contributed by atoms with Crippen molar-refractivity contribution in [3.05, 3.63) is 47.2 Å². The second-order valence-electron chi connectivity index (χ2n) is 3.41. The summed E-state index contributed by atoms with van der Waals surface area (Å²) in [6.45, 7) is 0. The predicted octanol–water partition coefficient (Wildman–Crippen LogP) is 3.89. The van der Waals surface area contributed by atoms with Gasteiger partial charge in [-0.3, -0.25) is 0 Å². The quantitative estimate of drug-likeness (QED) is 0.844. The largest absolute Gasteiger partial charge is 0.416 e. The standard InChI is InChI=1S/C11H7ClF3N3/c12-9-4-5-16-10(18-9)17-8-3-1-2-7(6-8)11(13,14)15/h1-6H,(H,16,17,18). The van der Waals surface area contributed by atoms with E-state index < -0.39 is 11.7 Å². The molecule has 1 heterocycles. The Kier molecular flexibility index (Phi) is 3.38. The molecule has 0 fully saturated rings. The van der Waals surface area contributed by atoms with Crippen LogP contribution < -0.4 is 5.32 Å². The second-order valence-corrected chi connectivity index (χ2v) is 3.79. The summed E-state index contributed by atoms with van der Waals surface area (Å²) in [5, 5.41) is 2.86. The van der Waals surface area contributed by atoms with Gasteiger partial charge in [-0.2, -0.15) is 13.2 Å². The van der Waals surface area contributed by atoms with E-state index in [4.69, 9.17) is 11.6 Å². The fraction of sp³-hybridized carbons (Fsp3) is 0.0909. The van der Waals surface area contributed by atoms with Gasteiger partial charge < -0.3 is 5.32 Å². The van der Waals surface area contributed by atoms with E-state index in [0.717, 1.165) is 12.1 Å². The number of hydrogen-bond acceptors (Lipinski definition) is 3. The molecule has 0 saturated carbocycles. The van der Waals surface area contributed by atoms with Crippen molar-refractivity contribution in [1.82, 2.24) is 9.97 Å². The zero-order valence-electron chi connectivity index (χ0n) is 8.87. The van der Waals surface area contributed by atoms with Crippen LogP contribution in [-0.2, 0) is 6.18 Å². The number of halogens is 4. The second kappa shape index (κ2) is 4.81. The molecule has 1 aromatic carbocycles. The minimum Gasteiger partial charge on any atom is -0.324 e. The number of anilines is 2. The topological polar surface area (TPSA) is 37.8 Å². The number of alkyl halides is 3. The number of rotatable bonds is 2. The number of aromatic nitrogens is 2. The average molecular weight is 274 g/mol. The molecule has 0 unspecified atom stereocenters. The van der Waals surface area contributed by atoms with E-state index >= 15 is 0 Å². The molecule has 0 atom stereocenters. The van der Waals surface area contributed by atoms with Gasteiger partial charge in [-0.25, -0.2) is 9.97 Å². The molecule has 0 aliphatic carbocycles. The van der Waals surface area contributed by atoms with Crippen LogP contribution in [0.1, 0.15) is 5.56 Å². The Hall–Kier alpha value is -1.82. The molecule has 7 heteroatoms. The molecule has 3 nitrogen and oxygen atoms in total. The van der Waals surface area contributed by atoms with Crippen molar-refractivity contribution >= 4 is 23.2 Å².